The third-order valence-electron chi connectivity index (χ3n) is 2.78. The SMILES string of the molecule is O=C(NCc1cccc(Cl)c1)c1c(F)c(F)c(F)c(F)c1F. The molecule has 1 N–H and O–H groups in total. The summed E-state index contributed by atoms with van der Waals surface area (Å²) in [4.78, 5) is 11.7. The summed E-state index contributed by atoms with van der Waals surface area (Å²) in [5, 5.41) is 2.43. The second-order valence-corrected chi connectivity index (χ2v) is 4.69. The molecule has 0 aliphatic rings. The molecule has 116 valence electrons. The van der Waals surface area contributed by atoms with Gasteiger partial charge in [-0.25, -0.2) is 22.0 Å². The van der Waals surface area contributed by atoms with Gasteiger partial charge in [0.2, 0.25) is 5.82 Å². The van der Waals surface area contributed by atoms with Crippen molar-refractivity contribution in [1.29, 1.82) is 0 Å². The average Bonchev–Trinajstić information content (AvgIpc) is 2.49. The molecular weight excluding hydrogens is 329 g/mol. The Morgan fingerprint density at radius 1 is 0.955 bits per heavy atom. The number of carbonyl (C=O) groups is 1. The van der Waals surface area contributed by atoms with E-state index in [-0.39, 0.29) is 6.54 Å². The number of hydrogen-bond acceptors (Lipinski definition) is 1. The minimum Gasteiger partial charge on any atom is -0.348 e. The largest absolute Gasteiger partial charge is 0.348 e. The minimum atomic E-state index is -2.32. The normalized spacial score (nSPS) is 10.6. The van der Waals surface area contributed by atoms with Crippen LogP contribution < -0.4 is 5.32 Å². The Kier molecular flexibility index (Phi) is 4.65. The Hall–Kier alpha value is -2.15. The molecule has 22 heavy (non-hydrogen) atoms. The quantitative estimate of drug-likeness (QED) is 0.513. The zero-order chi connectivity index (χ0) is 16.4. The van der Waals surface area contributed by atoms with Gasteiger partial charge in [-0.1, -0.05) is 23.7 Å². The van der Waals surface area contributed by atoms with E-state index in [2.05, 4.69) is 5.32 Å². The molecule has 0 unspecified atom stereocenters. The number of amides is 1. The van der Waals surface area contributed by atoms with Crippen molar-refractivity contribution in [2.45, 2.75) is 6.54 Å². The maximum atomic E-state index is 13.4. The number of benzene rings is 2. The molecule has 0 saturated heterocycles. The third-order valence-corrected chi connectivity index (χ3v) is 3.01. The number of nitrogens with one attached hydrogen (secondary N) is 1. The fourth-order valence-corrected chi connectivity index (χ4v) is 1.93. The van der Waals surface area contributed by atoms with Crippen molar-refractivity contribution in [1.82, 2.24) is 5.32 Å². The van der Waals surface area contributed by atoms with Crippen molar-refractivity contribution in [3.63, 3.8) is 0 Å². The Morgan fingerprint density at radius 2 is 1.50 bits per heavy atom. The lowest BCUT2D eigenvalue weighted by molar-refractivity contribution is 0.0939. The van der Waals surface area contributed by atoms with Gasteiger partial charge in [-0.15, -0.1) is 0 Å². The van der Waals surface area contributed by atoms with E-state index in [4.69, 9.17) is 11.6 Å². The fourth-order valence-electron chi connectivity index (χ4n) is 1.72. The van der Waals surface area contributed by atoms with Gasteiger partial charge in [0, 0.05) is 11.6 Å². The first-order valence-electron chi connectivity index (χ1n) is 5.87. The number of carbonyl (C=O) groups excluding carboxylic acids is 1. The Balaban J connectivity index is 2.27. The monoisotopic (exact) mass is 335 g/mol. The van der Waals surface area contributed by atoms with Crippen LogP contribution in [0.3, 0.4) is 0 Å². The van der Waals surface area contributed by atoms with Gasteiger partial charge in [-0.3, -0.25) is 4.79 Å². The van der Waals surface area contributed by atoms with E-state index in [0.717, 1.165) is 0 Å². The van der Waals surface area contributed by atoms with Crippen molar-refractivity contribution in [3.8, 4) is 0 Å². The van der Waals surface area contributed by atoms with Gasteiger partial charge in [0.25, 0.3) is 5.91 Å². The third kappa shape index (κ3) is 3.04. The lowest BCUT2D eigenvalue weighted by atomic mass is 10.1. The summed E-state index contributed by atoms with van der Waals surface area (Å²) in [6.07, 6.45) is 0. The van der Waals surface area contributed by atoms with Gasteiger partial charge in [-0.2, -0.15) is 0 Å². The van der Waals surface area contributed by atoms with Crippen molar-refractivity contribution in [2.24, 2.45) is 0 Å². The van der Waals surface area contributed by atoms with Crippen LogP contribution >= 0.6 is 11.6 Å². The molecule has 2 rings (SSSR count). The molecule has 0 radical (unpaired) electrons. The molecule has 0 spiro atoms. The first kappa shape index (κ1) is 16.2. The van der Waals surface area contributed by atoms with E-state index >= 15 is 0 Å². The summed E-state index contributed by atoms with van der Waals surface area (Å²) in [5.41, 5.74) is -1.04. The lowest BCUT2D eigenvalue weighted by Crippen LogP contribution is -2.26. The first-order valence-corrected chi connectivity index (χ1v) is 6.24. The van der Waals surface area contributed by atoms with Crippen molar-refractivity contribution in [3.05, 3.63) is 69.5 Å². The highest BCUT2D eigenvalue weighted by Crippen LogP contribution is 2.23. The highest BCUT2D eigenvalue weighted by atomic mass is 35.5. The minimum absolute atomic E-state index is 0.196. The van der Waals surface area contributed by atoms with Gasteiger partial charge >= 0.3 is 0 Å². The lowest BCUT2D eigenvalue weighted by Gasteiger charge is -2.09. The van der Waals surface area contributed by atoms with E-state index in [1.54, 1.807) is 18.2 Å². The van der Waals surface area contributed by atoms with Crippen LogP contribution in [0.4, 0.5) is 22.0 Å². The molecular formula is C14H7ClF5NO. The van der Waals surface area contributed by atoms with Crippen LogP contribution in [0.2, 0.25) is 5.02 Å². The Labute approximate surface area is 126 Å². The highest BCUT2D eigenvalue weighted by molar-refractivity contribution is 6.30. The highest BCUT2D eigenvalue weighted by Gasteiger charge is 2.29. The second kappa shape index (κ2) is 6.31. The molecule has 0 bridgehead atoms. The molecule has 0 fully saturated rings. The van der Waals surface area contributed by atoms with Crippen LogP contribution in [0.15, 0.2) is 24.3 Å². The molecule has 0 saturated carbocycles. The van der Waals surface area contributed by atoms with E-state index in [0.29, 0.717) is 10.6 Å². The van der Waals surface area contributed by atoms with Crippen molar-refractivity contribution < 1.29 is 26.7 Å². The fraction of sp³-hybridized carbons (Fsp3) is 0.0714. The molecule has 0 aromatic heterocycles. The summed E-state index contributed by atoms with van der Waals surface area (Å²) in [6.45, 7) is -0.196. The molecule has 0 heterocycles. The average molecular weight is 336 g/mol. The number of halogens is 6. The predicted octanol–water partition coefficient (Wildman–Crippen LogP) is 3.97. The standard InChI is InChI=1S/C14H7ClF5NO/c15-7-3-1-2-6(4-7)5-21-14(22)8-9(16)11(18)13(20)12(19)10(8)17/h1-4H,5H2,(H,21,22). The van der Waals surface area contributed by atoms with E-state index in [9.17, 15) is 26.7 Å². The summed E-state index contributed by atoms with van der Waals surface area (Å²) in [7, 11) is 0. The number of rotatable bonds is 3. The van der Waals surface area contributed by atoms with Gasteiger partial charge in [0.15, 0.2) is 23.3 Å². The molecule has 2 aromatic carbocycles. The van der Waals surface area contributed by atoms with Crippen LogP contribution in [0.1, 0.15) is 15.9 Å². The zero-order valence-corrected chi connectivity index (χ0v) is 11.4. The van der Waals surface area contributed by atoms with Gasteiger partial charge < -0.3 is 5.32 Å². The van der Waals surface area contributed by atoms with Gasteiger partial charge in [0.05, 0.1) is 0 Å². The van der Waals surface area contributed by atoms with Crippen LogP contribution in [-0.4, -0.2) is 5.91 Å². The Morgan fingerprint density at radius 3 is 2.05 bits per heavy atom. The Bertz CT molecular complexity index is 721. The summed E-state index contributed by atoms with van der Waals surface area (Å²) in [6, 6.07) is 6.17. The summed E-state index contributed by atoms with van der Waals surface area (Å²) < 4.78 is 65.8. The maximum Gasteiger partial charge on any atom is 0.257 e. The zero-order valence-electron chi connectivity index (χ0n) is 10.7. The number of hydrogen-bond donors (Lipinski definition) is 1. The van der Waals surface area contributed by atoms with Crippen LogP contribution in [-0.2, 0) is 6.54 Å². The molecule has 0 aliphatic heterocycles. The van der Waals surface area contributed by atoms with Gasteiger partial charge in [-0.05, 0) is 17.7 Å². The van der Waals surface area contributed by atoms with Crippen molar-refractivity contribution in [2.75, 3.05) is 0 Å². The second-order valence-electron chi connectivity index (χ2n) is 4.26. The van der Waals surface area contributed by atoms with Crippen LogP contribution in [0, 0.1) is 29.1 Å². The predicted molar refractivity (Wildman–Crippen MR) is 68.9 cm³/mol. The van der Waals surface area contributed by atoms with E-state index in [1.165, 1.54) is 6.07 Å². The smallest absolute Gasteiger partial charge is 0.257 e. The van der Waals surface area contributed by atoms with Crippen LogP contribution in [0.25, 0.3) is 0 Å². The molecule has 1 amide bonds. The van der Waals surface area contributed by atoms with Gasteiger partial charge in [0.1, 0.15) is 5.56 Å². The molecule has 2 aromatic rings. The molecule has 0 atom stereocenters. The summed E-state index contributed by atoms with van der Waals surface area (Å²) >= 11 is 5.71. The molecule has 8 heteroatoms. The topological polar surface area (TPSA) is 29.1 Å². The molecule has 2 nitrogen and oxygen atoms in total. The molecule has 0 aliphatic carbocycles. The maximum absolute atomic E-state index is 13.4. The van der Waals surface area contributed by atoms with Crippen molar-refractivity contribution >= 4 is 17.5 Å². The van der Waals surface area contributed by atoms with E-state index < -0.39 is 40.6 Å². The summed E-state index contributed by atoms with van der Waals surface area (Å²) in [5.74, 6) is -12.5. The van der Waals surface area contributed by atoms with Crippen LogP contribution in [0.5, 0.6) is 0 Å². The first-order chi connectivity index (χ1) is 10.3. The van der Waals surface area contributed by atoms with E-state index in [1.807, 2.05) is 0 Å².